The highest BCUT2D eigenvalue weighted by atomic mass is 35.5. The number of hydrogen-bond acceptors (Lipinski definition) is 5. The fourth-order valence-corrected chi connectivity index (χ4v) is 6.09. The number of benzene rings is 2. The average Bonchev–Trinajstić information content (AvgIpc) is 3.19. The highest BCUT2D eigenvalue weighted by molar-refractivity contribution is 7.90. The summed E-state index contributed by atoms with van der Waals surface area (Å²) in [6.07, 6.45) is 2.61. The van der Waals surface area contributed by atoms with Gasteiger partial charge in [0.05, 0.1) is 43.3 Å². The zero-order valence-corrected chi connectivity index (χ0v) is 22.1. The quantitative estimate of drug-likeness (QED) is 0.231. The van der Waals surface area contributed by atoms with E-state index in [4.69, 9.17) is 34.8 Å². The molecular weight excluding hydrogens is 569 g/mol. The van der Waals surface area contributed by atoms with E-state index in [-0.39, 0.29) is 48.5 Å². The molecule has 2 heterocycles. The summed E-state index contributed by atoms with van der Waals surface area (Å²) >= 11 is 18.4. The third kappa shape index (κ3) is 5.27. The predicted molar refractivity (Wildman–Crippen MR) is 139 cm³/mol. The molecule has 0 aliphatic carbocycles. The first-order valence-corrected chi connectivity index (χ1v) is 13.8. The average molecular weight is 586 g/mol. The molecule has 4 rings (SSSR count). The SMILES string of the molecule is CCCS(=O)(=O)Cc1ccc(F)c(C(=O)c2cn(C(=O)c3c(Cl)cccc3Cl)c3ncc(Cl)cc23)c1F. The van der Waals surface area contributed by atoms with Crippen LogP contribution in [-0.4, -0.2) is 35.4 Å². The first-order valence-electron chi connectivity index (χ1n) is 10.8. The molecule has 0 saturated carbocycles. The number of aromatic nitrogens is 2. The van der Waals surface area contributed by atoms with Crippen LogP contribution in [0.2, 0.25) is 15.1 Å². The molecule has 4 aromatic rings. The molecule has 0 bridgehead atoms. The normalized spacial score (nSPS) is 11.7. The zero-order valence-electron chi connectivity index (χ0n) is 19.1. The van der Waals surface area contributed by atoms with Gasteiger partial charge < -0.3 is 0 Å². The molecule has 192 valence electrons. The van der Waals surface area contributed by atoms with E-state index >= 15 is 4.39 Å². The van der Waals surface area contributed by atoms with Crippen molar-refractivity contribution in [2.75, 3.05) is 5.75 Å². The van der Waals surface area contributed by atoms with Gasteiger partial charge in [-0.15, -0.1) is 0 Å². The highest BCUT2D eigenvalue weighted by Gasteiger charge is 2.29. The Morgan fingerprint density at radius 2 is 1.70 bits per heavy atom. The third-order valence-electron chi connectivity index (χ3n) is 5.54. The number of halogens is 5. The van der Waals surface area contributed by atoms with Gasteiger partial charge in [0.1, 0.15) is 17.3 Å². The molecule has 37 heavy (non-hydrogen) atoms. The van der Waals surface area contributed by atoms with Crippen LogP contribution in [0, 0.1) is 11.6 Å². The van der Waals surface area contributed by atoms with E-state index < -0.39 is 44.5 Å². The maximum absolute atomic E-state index is 15.4. The van der Waals surface area contributed by atoms with E-state index in [0.717, 1.165) is 22.9 Å². The van der Waals surface area contributed by atoms with Crippen molar-refractivity contribution in [2.24, 2.45) is 0 Å². The fraction of sp³-hybridized carbons (Fsp3) is 0.160. The minimum Gasteiger partial charge on any atom is -0.288 e. The van der Waals surface area contributed by atoms with E-state index in [1.165, 1.54) is 24.4 Å². The van der Waals surface area contributed by atoms with Crippen molar-refractivity contribution < 1.29 is 26.8 Å². The molecule has 0 fully saturated rings. The second kappa shape index (κ2) is 10.5. The van der Waals surface area contributed by atoms with Crippen LogP contribution in [0.1, 0.15) is 45.2 Å². The Hall–Kier alpha value is -2.85. The van der Waals surface area contributed by atoms with Crippen molar-refractivity contribution in [1.29, 1.82) is 0 Å². The van der Waals surface area contributed by atoms with Crippen molar-refractivity contribution >= 4 is 67.4 Å². The largest absolute Gasteiger partial charge is 0.288 e. The summed E-state index contributed by atoms with van der Waals surface area (Å²) in [5.41, 5.74) is -1.70. The monoisotopic (exact) mass is 584 g/mol. The predicted octanol–water partition coefficient (Wildman–Crippen LogP) is 6.52. The maximum atomic E-state index is 15.4. The van der Waals surface area contributed by atoms with E-state index in [1.807, 2.05) is 0 Å². The van der Waals surface area contributed by atoms with Gasteiger partial charge in [0.2, 0.25) is 5.78 Å². The van der Waals surface area contributed by atoms with E-state index in [0.29, 0.717) is 6.42 Å². The van der Waals surface area contributed by atoms with Crippen LogP contribution in [0.25, 0.3) is 11.0 Å². The summed E-state index contributed by atoms with van der Waals surface area (Å²) in [6.45, 7) is 1.65. The first-order chi connectivity index (χ1) is 17.4. The number of ketones is 1. The maximum Gasteiger partial charge on any atom is 0.266 e. The summed E-state index contributed by atoms with van der Waals surface area (Å²) in [4.78, 5) is 31.0. The van der Waals surface area contributed by atoms with Gasteiger partial charge in [-0.25, -0.2) is 22.2 Å². The van der Waals surface area contributed by atoms with Crippen LogP contribution in [0.4, 0.5) is 8.78 Å². The number of sulfone groups is 1. The molecule has 0 aliphatic heterocycles. The highest BCUT2D eigenvalue weighted by Crippen LogP contribution is 2.31. The number of carbonyl (C=O) groups is 2. The Labute approximate surface area is 225 Å². The lowest BCUT2D eigenvalue weighted by Crippen LogP contribution is -2.14. The lowest BCUT2D eigenvalue weighted by molar-refractivity contribution is 0.0964. The summed E-state index contributed by atoms with van der Waals surface area (Å²) in [7, 11) is -3.69. The third-order valence-corrected chi connectivity index (χ3v) is 8.16. The van der Waals surface area contributed by atoms with Gasteiger partial charge in [0, 0.05) is 23.3 Å². The number of pyridine rings is 1. The molecule has 0 atom stereocenters. The van der Waals surface area contributed by atoms with Crippen LogP contribution in [0.3, 0.4) is 0 Å². The molecule has 0 unspecified atom stereocenters. The Bertz CT molecular complexity index is 1670. The number of hydrogen-bond donors (Lipinski definition) is 0. The molecule has 12 heteroatoms. The first kappa shape index (κ1) is 27.2. The van der Waals surface area contributed by atoms with E-state index in [1.54, 1.807) is 13.0 Å². The molecule has 0 amide bonds. The summed E-state index contributed by atoms with van der Waals surface area (Å²) in [5, 5.41) is 0.221. The van der Waals surface area contributed by atoms with Gasteiger partial charge in [0.25, 0.3) is 5.91 Å². The van der Waals surface area contributed by atoms with Crippen LogP contribution in [0.15, 0.2) is 48.8 Å². The number of carbonyl (C=O) groups excluding carboxylic acids is 2. The fourth-order valence-electron chi connectivity index (χ4n) is 3.91. The Balaban J connectivity index is 1.89. The molecule has 6 nitrogen and oxygen atoms in total. The smallest absolute Gasteiger partial charge is 0.266 e. The van der Waals surface area contributed by atoms with Crippen LogP contribution < -0.4 is 0 Å². The second-order valence-electron chi connectivity index (χ2n) is 8.16. The Kier molecular flexibility index (Phi) is 7.71. The lowest BCUT2D eigenvalue weighted by atomic mass is 10.0. The van der Waals surface area contributed by atoms with Gasteiger partial charge in [0.15, 0.2) is 9.84 Å². The number of fused-ring (bicyclic) bond motifs is 1. The Morgan fingerprint density at radius 1 is 1.03 bits per heavy atom. The molecule has 2 aromatic carbocycles. The minimum absolute atomic E-state index is 0.0313. The molecule has 0 aliphatic rings. The summed E-state index contributed by atoms with van der Waals surface area (Å²) < 4.78 is 55.6. The molecule has 0 radical (unpaired) electrons. The minimum atomic E-state index is -3.69. The van der Waals surface area contributed by atoms with Crippen molar-refractivity contribution in [3.63, 3.8) is 0 Å². The van der Waals surface area contributed by atoms with Crippen molar-refractivity contribution in [2.45, 2.75) is 19.1 Å². The molecule has 0 saturated heterocycles. The second-order valence-corrected chi connectivity index (χ2v) is 11.6. The van der Waals surface area contributed by atoms with Crippen LogP contribution in [0.5, 0.6) is 0 Å². The summed E-state index contributed by atoms with van der Waals surface area (Å²) in [5.74, 6) is -5.27. The van der Waals surface area contributed by atoms with Crippen molar-refractivity contribution in [3.05, 3.63) is 97.7 Å². The molecule has 2 aromatic heterocycles. The number of rotatable bonds is 7. The van der Waals surface area contributed by atoms with Crippen LogP contribution in [-0.2, 0) is 15.6 Å². The molecular formula is C25H17Cl3F2N2O4S. The van der Waals surface area contributed by atoms with Crippen molar-refractivity contribution in [3.8, 4) is 0 Å². The van der Waals surface area contributed by atoms with E-state index in [9.17, 15) is 22.4 Å². The lowest BCUT2D eigenvalue weighted by Gasteiger charge is -2.09. The standard InChI is InChI=1S/C25H17Cl3F2N2O4S/c1-2-8-37(35,36)12-13-6-7-19(29)21(22(13)30)23(33)16-11-32(24-15(16)9-14(26)10-31-24)25(34)20-17(27)4-3-5-18(20)28/h3-7,9-11H,2,8,12H2,1H3. The number of nitrogens with zero attached hydrogens (tertiary/aromatic N) is 2. The van der Waals surface area contributed by atoms with Gasteiger partial charge in [-0.1, -0.05) is 53.9 Å². The van der Waals surface area contributed by atoms with Gasteiger partial charge in [-0.2, -0.15) is 0 Å². The Morgan fingerprint density at radius 3 is 2.35 bits per heavy atom. The van der Waals surface area contributed by atoms with Crippen molar-refractivity contribution in [1.82, 2.24) is 9.55 Å². The zero-order chi connectivity index (χ0) is 27.1. The molecule has 0 spiro atoms. The summed E-state index contributed by atoms with van der Waals surface area (Å²) in [6, 6.07) is 7.57. The van der Waals surface area contributed by atoms with Gasteiger partial charge >= 0.3 is 0 Å². The topological polar surface area (TPSA) is 86.1 Å². The van der Waals surface area contributed by atoms with Gasteiger partial charge in [-0.3, -0.25) is 14.2 Å². The van der Waals surface area contributed by atoms with E-state index in [2.05, 4.69) is 4.98 Å². The van der Waals surface area contributed by atoms with Crippen LogP contribution >= 0.6 is 34.8 Å². The van der Waals surface area contributed by atoms with Gasteiger partial charge in [-0.05, 0) is 30.7 Å². The molecule has 0 N–H and O–H groups in total.